The van der Waals surface area contributed by atoms with Crippen molar-refractivity contribution in [2.24, 2.45) is 5.10 Å². The Labute approximate surface area is 140 Å². The van der Waals surface area contributed by atoms with Crippen LogP contribution in [0.25, 0.3) is 0 Å². The Bertz CT molecular complexity index is 527. The van der Waals surface area contributed by atoms with Gasteiger partial charge in [-0.2, -0.15) is 13.9 Å². The molecule has 0 aliphatic rings. The van der Waals surface area contributed by atoms with Gasteiger partial charge in [-0.05, 0) is 42.4 Å². The van der Waals surface area contributed by atoms with Gasteiger partial charge in [0.25, 0.3) is 0 Å². The fourth-order valence-corrected chi connectivity index (χ4v) is 1.89. The SMILES string of the molecule is CCCCCNC(=S)N/N=C\c1ccc(OC(F)F)c(OC)c1. The van der Waals surface area contributed by atoms with E-state index in [0.717, 1.165) is 25.8 Å². The van der Waals surface area contributed by atoms with Crippen molar-refractivity contribution in [3.8, 4) is 11.5 Å². The van der Waals surface area contributed by atoms with Crippen LogP contribution in [-0.4, -0.2) is 31.6 Å². The van der Waals surface area contributed by atoms with Crippen LogP contribution < -0.4 is 20.2 Å². The maximum atomic E-state index is 12.2. The first-order valence-electron chi connectivity index (χ1n) is 7.26. The molecular weight excluding hydrogens is 324 g/mol. The fourth-order valence-electron chi connectivity index (χ4n) is 1.74. The number of hydrazone groups is 1. The Kier molecular flexibility index (Phi) is 8.89. The van der Waals surface area contributed by atoms with E-state index in [1.807, 2.05) is 0 Å². The van der Waals surface area contributed by atoms with Crippen LogP contribution in [0.4, 0.5) is 8.78 Å². The molecular formula is C15H21F2N3O2S. The number of rotatable bonds is 9. The first-order chi connectivity index (χ1) is 11.1. The smallest absolute Gasteiger partial charge is 0.387 e. The lowest BCUT2D eigenvalue weighted by molar-refractivity contribution is -0.0512. The second-order valence-corrected chi connectivity index (χ2v) is 5.03. The third-order valence-electron chi connectivity index (χ3n) is 2.85. The summed E-state index contributed by atoms with van der Waals surface area (Å²) in [6.45, 7) is 0.0244. The van der Waals surface area contributed by atoms with Gasteiger partial charge in [0.2, 0.25) is 0 Å². The molecule has 0 aliphatic heterocycles. The van der Waals surface area contributed by atoms with Crippen molar-refractivity contribution in [1.29, 1.82) is 0 Å². The quantitative estimate of drug-likeness (QED) is 0.311. The molecule has 8 heteroatoms. The van der Waals surface area contributed by atoms with Crippen molar-refractivity contribution >= 4 is 23.5 Å². The molecule has 0 saturated carbocycles. The Morgan fingerprint density at radius 1 is 1.35 bits per heavy atom. The number of ether oxygens (including phenoxy) is 2. The van der Waals surface area contributed by atoms with Crippen molar-refractivity contribution < 1.29 is 18.3 Å². The van der Waals surface area contributed by atoms with Crippen LogP contribution in [-0.2, 0) is 0 Å². The highest BCUT2D eigenvalue weighted by Crippen LogP contribution is 2.28. The molecule has 0 unspecified atom stereocenters. The molecule has 23 heavy (non-hydrogen) atoms. The summed E-state index contributed by atoms with van der Waals surface area (Å²) in [7, 11) is 1.38. The lowest BCUT2D eigenvalue weighted by Crippen LogP contribution is -2.32. The number of hydrogen-bond donors (Lipinski definition) is 2. The Hall–Kier alpha value is -1.96. The summed E-state index contributed by atoms with van der Waals surface area (Å²) < 4.78 is 33.8. The van der Waals surface area contributed by atoms with Crippen molar-refractivity contribution in [2.75, 3.05) is 13.7 Å². The molecule has 0 aliphatic carbocycles. The largest absolute Gasteiger partial charge is 0.493 e. The van der Waals surface area contributed by atoms with Crippen LogP contribution in [0.2, 0.25) is 0 Å². The number of thiocarbonyl (C=S) groups is 1. The minimum atomic E-state index is -2.90. The van der Waals surface area contributed by atoms with E-state index in [9.17, 15) is 8.78 Å². The van der Waals surface area contributed by atoms with Crippen LogP contribution in [0.1, 0.15) is 31.7 Å². The summed E-state index contributed by atoms with van der Waals surface area (Å²) in [6, 6.07) is 4.53. The van der Waals surface area contributed by atoms with Gasteiger partial charge >= 0.3 is 6.61 Å². The molecule has 5 nitrogen and oxygen atoms in total. The number of hydrogen-bond acceptors (Lipinski definition) is 4. The topological polar surface area (TPSA) is 54.9 Å². The Morgan fingerprint density at radius 2 is 2.13 bits per heavy atom. The van der Waals surface area contributed by atoms with Gasteiger partial charge in [-0.1, -0.05) is 19.8 Å². The number of benzene rings is 1. The molecule has 0 atom stereocenters. The molecule has 1 aromatic rings. The van der Waals surface area contributed by atoms with E-state index >= 15 is 0 Å². The number of halogens is 2. The highest BCUT2D eigenvalue weighted by atomic mass is 32.1. The molecule has 128 valence electrons. The highest BCUT2D eigenvalue weighted by Gasteiger charge is 2.10. The third kappa shape index (κ3) is 7.73. The van der Waals surface area contributed by atoms with Gasteiger partial charge in [0, 0.05) is 6.54 Å². The lowest BCUT2D eigenvalue weighted by Gasteiger charge is -2.10. The van der Waals surface area contributed by atoms with Crippen LogP contribution in [0, 0.1) is 0 Å². The summed E-state index contributed by atoms with van der Waals surface area (Å²) in [5.74, 6) is 0.176. The first kappa shape index (κ1) is 19.1. The number of nitrogens with zero attached hydrogens (tertiary/aromatic N) is 1. The van der Waals surface area contributed by atoms with Crippen LogP contribution in [0.3, 0.4) is 0 Å². The van der Waals surface area contributed by atoms with E-state index in [1.54, 1.807) is 12.1 Å². The van der Waals surface area contributed by atoms with E-state index < -0.39 is 6.61 Å². The molecule has 0 fully saturated rings. The summed E-state index contributed by atoms with van der Waals surface area (Å²) >= 11 is 5.07. The van der Waals surface area contributed by atoms with Gasteiger partial charge in [-0.3, -0.25) is 5.43 Å². The highest BCUT2D eigenvalue weighted by molar-refractivity contribution is 7.80. The van der Waals surface area contributed by atoms with E-state index in [0.29, 0.717) is 10.7 Å². The molecule has 1 rings (SSSR count). The maximum Gasteiger partial charge on any atom is 0.387 e. The fraction of sp³-hybridized carbons (Fsp3) is 0.467. The maximum absolute atomic E-state index is 12.2. The van der Waals surface area contributed by atoms with Crippen molar-refractivity contribution in [1.82, 2.24) is 10.7 Å². The van der Waals surface area contributed by atoms with E-state index in [4.69, 9.17) is 17.0 Å². The van der Waals surface area contributed by atoms with Crippen molar-refractivity contribution in [3.05, 3.63) is 23.8 Å². The number of unbranched alkanes of at least 4 members (excludes halogenated alkanes) is 2. The normalized spacial score (nSPS) is 10.8. The van der Waals surface area contributed by atoms with Gasteiger partial charge in [-0.25, -0.2) is 0 Å². The summed E-state index contributed by atoms with van der Waals surface area (Å²) in [5.41, 5.74) is 3.35. The van der Waals surface area contributed by atoms with Gasteiger partial charge in [0.1, 0.15) is 0 Å². The van der Waals surface area contributed by atoms with Crippen LogP contribution >= 0.6 is 12.2 Å². The molecule has 2 N–H and O–H groups in total. The molecule has 0 amide bonds. The zero-order chi connectivity index (χ0) is 17.1. The summed E-state index contributed by atoms with van der Waals surface area (Å²) in [6.07, 6.45) is 4.85. The third-order valence-corrected chi connectivity index (χ3v) is 3.08. The molecule has 0 heterocycles. The number of nitrogens with one attached hydrogen (secondary N) is 2. The number of alkyl halides is 2. The van der Waals surface area contributed by atoms with Crippen LogP contribution in [0.5, 0.6) is 11.5 Å². The van der Waals surface area contributed by atoms with Crippen LogP contribution in [0.15, 0.2) is 23.3 Å². The molecule has 0 aromatic heterocycles. The Balaban J connectivity index is 2.51. The average Bonchev–Trinajstić information content (AvgIpc) is 2.52. The Morgan fingerprint density at radius 3 is 2.78 bits per heavy atom. The zero-order valence-electron chi connectivity index (χ0n) is 13.1. The lowest BCUT2D eigenvalue weighted by atomic mass is 10.2. The van der Waals surface area contributed by atoms with Gasteiger partial charge in [0.15, 0.2) is 16.6 Å². The average molecular weight is 345 g/mol. The standard InChI is InChI=1S/C15H21F2N3O2S/c1-3-4-5-8-18-15(23)20-19-10-11-6-7-12(22-14(16)17)13(9-11)21-2/h6-7,9-10,14H,3-5,8H2,1-2H3,(H2,18,20,23)/b19-10-. The monoisotopic (exact) mass is 345 g/mol. The van der Waals surface area contributed by atoms with E-state index in [-0.39, 0.29) is 11.5 Å². The summed E-state index contributed by atoms with van der Waals surface area (Å²) in [4.78, 5) is 0. The molecule has 0 saturated heterocycles. The molecule has 0 bridgehead atoms. The first-order valence-corrected chi connectivity index (χ1v) is 7.67. The van der Waals surface area contributed by atoms with Crippen molar-refractivity contribution in [3.63, 3.8) is 0 Å². The second kappa shape index (κ2) is 10.7. The van der Waals surface area contributed by atoms with Gasteiger partial charge in [-0.15, -0.1) is 0 Å². The van der Waals surface area contributed by atoms with Gasteiger partial charge < -0.3 is 14.8 Å². The molecule has 1 aromatic carbocycles. The minimum Gasteiger partial charge on any atom is -0.493 e. The predicted octanol–water partition coefficient (Wildman–Crippen LogP) is 3.28. The van der Waals surface area contributed by atoms with Crippen molar-refractivity contribution in [2.45, 2.75) is 32.8 Å². The minimum absolute atomic E-state index is 0.0271. The second-order valence-electron chi connectivity index (χ2n) is 4.62. The van der Waals surface area contributed by atoms with Gasteiger partial charge in [0.05, 0.1) is 13.3 Å². The van der Waals surface area contributed by atoms with E-state index in [1.165, 1.54) is 19.4 Å². The number of methoxy groups -OCH3 is 1. The van der Waals surface area contributed by atoms with E-state index in [2.05, 4.69) is 27.5 Å². The zero-order valence-corrected chi connectivity index (χ0v) is 14.0. The predicted molar refractivity (Wildman–Crippen MR) is 90.5 cm³/mol. The summed E-state index contributed by atoms with van der Waals surface area (Å²) in [5, 5.41) is 7.45. The molecule has 0 radical (unpaired) electrons. The molecule has 0 spiro atoms.